The molecule has 4 N–H and O–H groups in total. The number of nitrogens with two attached hydrogens (primary N) is 1. The van der Waals surface area contributed by atoms with Crippen LogP contribution in [0.5, 0.6) is 0 Å². The van der Waals surface area contributed by atoms with Crippen LogP contribution in [0.2, 0.25) is 0 Å². The van der Waals surface area contributed by atoms with Gasteiger partial charge in [0.15, 0.2) is 0 Å². The summed E-state index contributed by atoms with van der Waals surface area (Å²) < 4.78 is 13.3. The van der Waals surface area contributed by atoms with Crippen LogP contribution in [0.25, 0.3) is 10.9 Å². The number of amides is 2. The van der Waals surface area contributed by atoms with Gasteiger partial charge in [-0.1, -0.05) is 24.3 Å². The summed E-state index contributed by atoms with van der Waals surface area (Å²) in [4.78, 5) is 28.9. The van der Waals surface area contributed by atoms with Crippen molar-refractivity contribution in [2.45, 2.75) is 12.0 Å². The van der Waals surface area contributed by atoms with Gasteiger partial charge in [0, 0.05) is 36.3 Å². The third-order valence-corrected chi connectivity index (χ3v) is 5.27. The first-order chi connectivity index (χ1) is 13.9. The van der Waals surface area contributed by atoms with Crippen molar-refractivity contribution in [1.82, 2.24) is 9.88 Å². The minimum Gasteiger partial charge on any atom is -0.465 e. The van der Waals surface area contributed by atoms with Gasteiger partial charge in [0.2, 0.25) is 0 Å². The fraction of sp³-hybridized carbons (Fsp3) is 0.190. The van der Waals surface area contributed by atoms with E-state index in [0.29, 0.717) is 17.6 Å². The van der Waals surface area contributed by atoms with E-state index < -0.39 is 12.0 Å². The number of para-hydroxylation sites is 1. The molecule has 0 spiro atoms. The summed E-state index contributed by atoms with van der Waals surface area (Å²) in [6.07, 6.45) is 0.575. The molecule has 2 heterocycles. The maximum atomic E-state index is 13.3. The van der Waals surface area contributed by atoms with Crippen molar-refractivity contribution in [3.63, 3.8) is 0 Å². The van der Waals surface area contributed by atoms with Crippen LogP contribution in [0.1, 0.15) is 21.8 Å². The monoisotopic (exact) mass is 394 g/mol. The molecule has 0 bridgehead atoms. The SMILES string of the molecule is NC(=O)c1cccc2c(NC3CN(C(=O)O)CC3c3ccc(F)cc3)ccnc12. The van der Waals surface area contributed by atoms with Gasteiger partial charge in [0.25, 0.3) is 5.91 Å². The average molecular weight is 394 g/mol. The van der Waals surface area contributed by atoms with Crippen LogP contribution in [-0.4, -0.2) is 46.1 Å². The Bertz CT molecular complexity index is 1090. The highest BCUT2D eigenvalue weighted by atomic mass is 19.1. The number of aromatic nitrogens is 1. The number of anilines is 1. The summed E-state index contributed by atoms with van der Waals surface area (Å²) in [6, 6.07) is 12.8. The summed E-state index contributed by atoms with van der Waals surface area (Å²) >= 11 is 0. The van der Waals surface area contributed by atoms with Crippen LogP contribution in [0.4, 0.5) is 14.9 Å². The lowest BCUT2D eigenvalue weighted by atomic mass is 9.94. The Morgan fingerprint density at radius 3 is 2.59 bits per heavy atom. The zero-order chi connectivity index (χ0) is 20.5. The van der Waals surface area contributed by atoms with Gasteiger partial charge in [-0.15, -0.1) is 0 Å². The third kappa shape index (κ3) is 3.56. The molecule has 2 amide bonds. The number of hydrogen-bond donors (Lipinski definition) is 3. The first-order valence-corrected chi connectivity index (χ1v) is 9.11. The van der Waals surface area contributed by atoms with Crippen LogP contribution in [0.15, 0.2) is 54.7 Å². The fourth-order valence-electron chi connectivity index (χ4n) is 3.85. The number of hydrogen-bond acceptors (Lipinski definition) is 4. The number of nitrogens with one attached hydrogen (secondary N) is 1. The lowest BCUT2D eigenvalue weighted by molar-refractivity contribution is 0.100. The molecule has 2 aromatic carbocycles. The van der Waals surface area contributed by atoms with Crippen molar-refractivity contribution in [1.29, 1.82) is 0 Å². The normalized spacial score (nSPS) is 18.7. The molecule has 0 saturated carbocycles. The van der Waals surface area contributed by atoms with Gasteiger partial charge in [-0.25, -0.2) is 9.18 Å². The molecule has 3 aromatic rings. The molecule has 1 aromatic heterocycles. The minimum absolute atomic E-state index is 0.158. The number of rotatable bonds is 4. The molecule has 8 heteroatoms. The summed E-state index contributed by atoms with van der Waals surface area (Å²) in [5.74, 6) is -1.07. The van der Waals surface area contributed by atoms with Crippen molar-refractivity contribution >= 4 is 28.6 Å². The number of likely N-dealkylation sites (tertiary alicyclic amines) is 1. The molecule has 0 aliphatic carbocycles. The summed E-state index contributed by atoms with van der Waals surface area (Å²) in [5, 5.41) is 13.6. The maximum absolute atomic E-state index is 13.3. The molecule has 0 radical (unpaired) electrons. The zero-order valence-corrected chi connectivity index (χ0v) is 15.4. The first-order valence-electron chi connectivity index (χ1n) is 9.11. The number of carbonyl (C=O) groups is 2. The van der Waals surface area contributed by atoms with Gasteiger partial charge in [0.1, 0.15) is 5.82 Å². The standard InChI is InChI=1S/C21H19FN4O3/c22-13-6-4-12(5-7-13)16-10-26(21(28)29)11-18(16)25-17-8-9-24-19-14(17)2-1-3-15(19)20(23)27/h1-9,16,18H,10-11H2,(H2,23,27)(H,24,25)(H,28,29). The highest BCUT2D eigenvalue weighted by molar-refractivity contribution is 6.07. The highest BCUT2D eigenvalue weighted by Gasteiger charge is 2.36. The van der Waals surface area contributed by atoms with E-state index in [2.05, 4.69) is 10.3 Å². The Labute approximate surface area is 166 Å². The molecule has 4 rings (SSSR count). The van der Waals surface area contributed by atoms with E-state index in [9.17, 15) is 19.1 Å². The van der Waals surface area contributed by atoms with E-state index in [1.807, 2.05) is 6.07 Å². The summed E-state index contributed by atoms with van der Waals surface area (Å²) in [6.45, 7) is 0.574. The quantitative estimate of drug-likeness (QED) is 0.630. The number of benzene rings is 2. The fourth-order valence-corrected chi connectivity index (χ4v) is 3.85. The van der Waals surface area contributed by atoms with Crippen LogP contribution < -0.4 is 11.1 Å². The van der Waals surface area contributed by atoms with Crippen LogP contribution >= 0.6 is 0 Å². The van der Waals surface area contributed by atoms with Crippen molar-refractivity contribution in [2.75, 3.05) is 18.4 Å². The molecule has 7 nitrogen and oxygen atoms in total. The molecular weight excluding hydrogens is 375 g/mol. The Morgan fingerprint density at radius 1 is 1.14 bits per heavy atom. The predicted molar refractivity (Wildman–Crippen MR) is 106 cm³/mol. The summed E-state index contributed by atoms with van der Waals surface area (Å²) in [5.41, 5.74) is 7.83. The Kier molecular flexibility index (Phi) is 4.75. The predicted octanol–water partition coefficient (Wildman–Crippen LogP) is 3.03. The number of pyridine rings is 1. The highest BCUT2D eigenvalue weighted by Crippen LogP contribution is 2.32. The van der Waals surface area contributed by atoms with Gasteiger partial charge in [0.05, 0.1) is 17.1 Å². The molecule has 29 heavy (non-hydrogen) atoms. The van der Waals surface area contributed by atoms with Crippen LogP contribution in [-0.2, 0) is 0 Å². The van der Waals surface area contributed by atoms with E-state index in [4.69, 9.17) is 5.73 Å². The largest absolute Gasteiger partial charge is 0.465 e. The summed E-state index contributed by atoms with van der Waals surface area (Å²) in [7, 11) is 0. The number of primary amides is 1. The lowest BCUT2D eigenvalue weighted by Crippen LogP contribution is -2.30. The third-order valence-electron chi connectivity index (χ3n) is 5.27. The Hall–Kier alpha value is -3.68. The number of nitrogens with zero attached hydrogens (tertiary/aromatic N) is 2. The second kappa shape index (κ2) is 7.38. The van der Waals surface area contributed by atoms with E-state index in [1.165, 1.54) is 17.0 Å². The Morgan fingerprint density at radius 2 is 1.90 bits per heavy atom. The lowest BCUT2D eigenvalue weighted by Gasteiger charge is -2.22. The van der Waals surface area contributed by atoms with E-state index in [-0.39, 0.29) is 24.3 Å². The van der Waals surface area contributed by atoms with E-state index >= 15 is 0 Å². The minimum atomic E-state index is -1.00. The van der Waals surface area contributed by atoms with E-state index in [1.54, 1.807) is 36.5 Å². The van der Waals surface area contributed by atoms with Crippen LogP contribution in [0.3, 0.4) is 0 Å². The van der Waals surface area contributed by atoms with Gasteiger partial charge < -0.3 is 21.1 Å². The molecular formula is C21H19FN4O3. The van der Waals surface area contributed by atoms with Crippen molar-refractivity contribution in [3.8, 4) is 0 Å². The topological polar surface area (TPSA) is 109 Å². The zero-order valence-electron chi connectivity index (χ0n) is 15.4. The molecule has 148 valence electrons. The van der Waals surface area contributed by atoms with Gasteiger partial charge in [-0.3, -0.25) is 9.78 Å². The second-order valence-electron chi connectivity index (χ2n) is 7.02. The van der Waals surface area contributed by atoms with E-state index in [0.717, 1.165) is 16.6 Å². The smallest absolute Gasteiger partial charge is 0.407 e. The number of carboxylic acid groups (broad SMARTS) is 1. The molecule has 1 fully saturated rings. The second-order valence-corrected chi connectivity index (χ2v) is 7.02. The van der Waals surface area contributed by atoms with Gasteiger partial charge in [-0.05, 0) is 29.8 Å². The van der Waals surface area contributed by atoms with Crippen molar-refractivity contribution in [3.05, 3.63) is 71.7 Å². The molecule has 1 saturated heterocycles. The van der Waals surface area contributed by atoms with Crippen LogP contribution in [0, 0.1) is 5.82 Å². The van der Waals surface area contributed by atoms with Gasteiger partial charge >= 0.3 is 6.09 Å². The number of halogens is 1. The molecule has 2 atom stereocenters. The van der Waals surface area contributed by atoms with Crippen molar-refractivity contribution < 1.29 is 19.1 Å². The number of fused-ring (bicyclic) bond motifs is 1. The number of carbonyl (C=O) groups excluding carboxylic acids is 1. The van der Waals surface area contributed by atoms with Gasteiger partial charge in [-0.2, -0.15) is 0 Å². The molecule has 1 aliphatic heterocycles. The van der Waals surface area contributed by atoms with Crippen molar-refractivity contribution in [2.24, 2.45) is 5.73 Å². The molecule has 1 aliphatic rings. The first kappa shape index (κ1) is 18.7. The average Bonchev–Trinajstić information content (AvgIpc) is 3.12. The maximum Gasteiger partial charge on any atom is 0.407 e. The Balaban J connectivity index is 1.71. The molecule has 2 unspecified atom stereocenters.